The highest BCUT2D eigenvalue weighted by Crippen LogP contribution is 2.37. The van der Waals surface area contributed by atoms with Crippen molar-refractivity contribution in [2.24, 2.45) is 0 Å². The summed E-state index contributed by atoms with van der Waals surface area (Å²) in [5, 5.41) is 18.9. The molecule has 2 N–H and O–H groups in total. The normalized spacial score (nSPS) is 10.6. The Labute approximate surface area is 206 Å². The van der Waals surface area contributed by atoms with Gasteiger partial charge in [0.25, 0.3) is 11.1 Å². The molecule has 0 aliphatic heterocycles. The summed E-state index contributed by atoms with van der Waals surface area (Å²) in [6.07, 6.45) is 0.306. The van der Waals surface area contributed by atoms with Crippen molar-refractivity contribution in [1.29, 1.82) is 5.26 Å². The molecule has 0 bridgehead atoms. The van der Waals surface area contributed by atoms with E-state index in [0.29, 0.717) is 17.7 Å². The van der Waals surface area contributed by atoms with Crippen molar-refractivity contribution >= 4 is 23.2 Å². The Kier molecular flexibility index (Phi) is 6.68. The lowest BCUT2D eigenvalue weighted by atomic mass is 10.1. The molecule has 13 heteroatoms. The topological polar surface area (TPSA) is 156 Å². The number of H-pyrrole nitrogens is 2. The van der Waals surface area contributed by atoms with Crippen LogP contribution in [0.1, 0.15) is 16.8 Å². The molecule has 35 heavy (non-hydrogen) atoms. The number of nitrogens with zero attached hydrogens (tertiary/aromatic N) is 4. The molecule has 0 spiro atoms. The highest BCUT2D eigenvalue weighted by Gasteiger charge is 2.16. The first-order valence-corrected chi connectivity index (χ1v) is 10.6. The van der Waals surface area contributed by atoms with Crippen LogP contribution in [0.25, 0.3) is 5.69 Å². The number of rotatable bonds is 6. The maximum atomic E-state index is 12.3. The van der Waals surface area contributed by atoms with Crippen LogP contribution in [0.5, 0.6) is 17.4 Å². The van der Waals surface area contributed by atoms with Crippen LogP contribution >= 0.6 is 23.2 Å². The lowest BCUT2D eigenvalue weighted by Crippen LogP contribution is -2.33. The molecule has 176 valence electrons. The van der Waals surface area contributed by atoms with Crippen LogP contribution in [0.4, 0.5) is 0 Å². The fourth-order valence-electron chi connectivity index (χ4n) is 3.09. The number of hydrogen-bond acceptors (Lipinski definition) is 8. The van der Waals surface area contributed by atoms with Crippen LogP contribution in [0.2, 0.25) is 10.0 Å². The minimum atomic E-state index is -0.916. The molecule has 2 heterocycles. The van der Waals surface area contributed by atoms with E-state index in [2.05, 4.69) is 15.3 Å². The van der Waals surface area contributed by atoms with Gasteiger partial charge < -0.3 is 9.47 Å². The Morgan fingerprint density at radius 3 is 2.37 bits per heavy atom. The summed E-state index contributed by atoms with van der Waals surface area (Å²) >= 11 is 12.6. The van der Waals surface area contributed by atoms with E-state index >= 15 is 0 Å². The van der Waals surface area contributed by atoms with Gasteiger partial charge in [0.05, 0.1) is 22.8 Å². The van der Waals surface area contributed by atoms with Crippen LogP contribution in [0, 0.1) is 11.3 Å². The molecule has 0 saturated carbocycles. The Balaban J connectivity index is 1.64. The smallest absolute Gasteiger partial charge is 0.349 e. The zero-order chi connectivity index (χ0) is 25.1. The Bertz CT molecular complexity index is 1610. The molecule has 0 unspecified atom stereocenters. The van der Waals surface area contributed by atoms with Crippen molar-refractivity contribution < 1.29 is 9.47 Å². The molecular formula is C22H14Cl2N6O5. The number of nitrogens with one attached hydrogen (secondary N) is 2. The van der Waals surface area contributed by atoms with Crippen LogP contribution in [0.15, 0.2) is 56.8 Å². The van der Waals surface area contributed by atoms with Gasteiger partial charge in [0.2, 0.25) is 11.6 Å². The lowest BCUT2D eigenvalue weighted by Gasteiger charge is -2.12. The summed E-state index contributed by atoms with van der Waals surface area (Å²) in [7, 11) is 1.56. The number of aromatic amines is 2. The van der Waals surface area contributed by atoms with Crippen molar-refractivity contribution in [3.8, 4) is 29.1 Å². The first-order chi connectivity index (χ1) is 16.8. The number of nitriles is 1. The predicted molar refractivity (Wildman–Crippen MR) is 126 cm³/mol. The zero-order valence-electron chi connectivity index (χ0n) is 17.8. The maximum Gasteiger partial charge on any atom is 0.349 e. The van der Waals surface area contributed by atoms with Crippen LogP contribution in [-0.4, -0.2) is 32.1 Å². The minimum Gasteiger partial charge on any atom is -0.497 e. The van der Waals surface area contributed by atoms with Crippen LogP contribution < -0.4 is 26.3 Å². The fourth-order valence-corrected chi connectivity index (χ4v) is 3.64. The second-order valence-corrected chi connectivity index (χ2v) is 7.87. The predicted octanol–water partition coefficient (Wildman–Crippen LogP) is 2.57. The highest BCUT2D eigenvalue weighted by atomic mass is 35.5. The van der Waals surface area contributed by atoms with Gasteiger partial charge in [-0.05, 0) is 29.8 Å². The second-order valence-electron chi connectivity index (χ2n) is 7.06. The van der Waals surface area contributed by atoms with E-state index in [1.54, 1.807) is 25.3 Å². The van der Waals surface area contributed by atoms with Gasteiger partial charge >= 0.3 is 5.69 Å². The van der Waals surface area contributed by atoms with Gasteiger partial charge in [0.1, 0.15) is 11.8 Å². The molecule has 0 atom stereocenters. The first kappa shape index (κ1) is 23.7. The van der Waals surface area contributed by atoms with Gasteiger partial charge in [0, 0.05) is 18.1 Å². The van der Waals surface area contributed by atoms with Crippen molar-refractivity contribution in [3.63, 3.8) is 0 Å². The van der Waals surface area contributed by atoms with E-state index in [1.807, 2.05) is 17.1 Å². The Morgan fingerprint density at radius 2 is 1.74 bits per heavy atom. The van der Waals surface area contributed by atoms with E-state index in [1.165, 1.54) is 18.2 Å². The quantitative estimate of drug-likeness (QED) is 0.399. The van der Waals surface area contributed by atoms with Gasteiger partial charge in [0.15, 0.2) is 5.75 Å². The molecule has 0 aliphatic carbocycles. The number of methoxy groups -OCH3 is 1. The van der Waals surface area contributed by atoms with Crippen molar-refractivity contribution in [2.45, 2.75) is 6.42 Å². The molecule has 4 aromatic rings. The fraction of sp³-hybridized carbons (Fsp3) is 0.0909. The SMILES string of the molecule is COc1ccc(Cc2cc(Oc3c(Cl)cc(-n4nc(C#N)c(=O)[nH]c4=O)cc3Cl)n[nH]c2=O)cc1. The third kappa shape index (κ3) is 5.08. The van der Waals surface area contributed by atoms with E-state index in [9.17, 15) is 14.4 Å². The molecule has 0 fully saturated rings. The van der Waals surface area contributed by atoms with Gasteiger partial charge in [-0.3, -0.25) is 14.6 Å². The number of halogens is 2. The maximum absolute atomic E-state index is 12.3. The van der Waals surface area contributed by atoms with E-state index in [0.717, 1.165) is 10.2 Å². The van der Waals surface area contributed by atoms with Crippen molar-refractivity contribution in [3.05, 3.63) is 101 Å². The lowest BCUT2D eigenvalue weighted by molar-refractivity contribution is 0.414. The number of ether oxygens (including phenoxy) is 2. The molecule has 2 aromatic carbocycles. The van der Waals surface area contributed by atoms with E-state index in [4.69, 9.17) is 37.9 Å². The summed E-state index contributed by atoms with van der Waals surface area (Å²) in [5.74, 6) is 0.720. The van der Waals surface area contributed by atoms with E-state index in [-0.39, 0.29) is 27.4 Å². The first-order valence-electron chi connectivity index (χ1n) is 9.81. The van der Waals surface area contributed by atoms with Crippen LogP contribution in [0.3, 0.4) is 0 Å². The summed E-state index contributed by atoms with van der Waals surface area (Å²) < 4.78 is 11.6. The Hall–Kier alpha value is -4.40. The van der Waals surface area contributed by atoms with E-state index < -0.39 is 22.5 Å². The number of aromatic nitrogens is 5. The molecule has 4 rings (SSSR count). The summed E-state index contributed by atoms with van der Waals surface area (Å²) in [6.45, 7) is 0. The molecule has 11 nitrogen and oxygen atoms in total. The van der Waals surface area contributed by atoms with Gasteiger partial charge in [-0.25, -0.2) is 9.89 Å². The summed E-state index contributed by atoms with van der Waals surface area (Å²) in [4.78, 5) is 38.0. The van der Waals surface area contributed by atoms with Gasteiger partial charge in [-0.15, -0.1) is 10.2 Å². The third-order valence-electron chi connectivity index (χ3n) is 4.78. The minimum absolute atomic E-state index is 0.00464. The number of hydrogen-bond donors (Lipinski definition) is 2. The second kappa shape index (κ2) is 9.84. The standard InChI is InChI=1S/C22H14Cl2N6O5/c1-34-14-4-2-11(3-5-14)6-12-7-18(27-28-20(12)31)35-19-15(23)8-13(9-16(19)24)30-22(33)26-21(32)17(10-25)29-30/h2-5,7-9H,6H2,1H3,(H,28,31)(H,26,32,33). The zero-order valence-corrected chi connectivity index (χ0v) is 19.3. The van der Waals surface area contributed by atoms with Gasteiger partial charge in [-0.1, -0.05) is 35.3 Å². The third-order valence-corrected chi connectivity index (χ3v) is 5.34. The molecule has 0 saturated heterocycles. The van der Waals surface area contributed by atoms with Crippen molar-refractivity contribution in [2.75, 3.05) is 7.11 Å². The molecule has 0 amide bonds. The molecule has 0 radical (unpaired) electrons. The summed E-state index contributed by atoms with van der Waals surface area (Å²) in [6, 6.07) is 12.9. The Morgan fingerprint density at radius 1 is 1.06 bits per heavy atom. The molecular weight excluding hydrogens is 499 g/mol. The average Bonchev–Trinajstić information content (AvgIpc) is 2.84. The highest BCUT2D eigenvalue weighted by molar-refractivity contribution is 6.37. The monoisotopic (exact) mass is 512 g/mol. The number of benzene rings is 2. The largest absolute Gasteiger partial charge is 0.497 e. The average molecular weight is 513 g/mol. The van der Waals surface area contributed by atoms with Crippen molar-refractivity contribution in [1.82, 2.24) is 25.0 Å². The van der Waals surface area contributed by atoms with Crippen LogP contribution in [-0.2, 0) is 6.42 Å². The molecule has 2 aromatic heterocycles. The summed E-state index contributed by atoms with van der Waals surface area (Å²) in [5.41, 5.74) is -1.38. The molecule has 0 aliphatic rings. The van der Waals surface area contributed by atoms with Gasteiger partial charge in [-0.2, -0.15) is 9.94 Å².